The molecule has 0 fully saturated rings. The molecule has 0 radical (unpaired) electrons. The number of rotatable bonds is 5. The highest BCUT2D eigenvalue weighted by Crippen LogP contribution is 2.30. The first-order valence-electron chi connectivity index (χ1n) is 5.28. The fourth-order valence-corrected chi connectivity index (χ4v) is 1.35. The molecule has 114 valence electrons. The van der Waals surface area contributed by atoms with Crippen molar-refractivity contribution in [2.45, 2.75) is 31.2 Å². The molecule has 1 aromatic rings. The van der Waals surface area contributed by atoms with Crippen molar-refractivity contribution in [1.82, 2.24) is 0 Å². The number of hydrogen-bond donors (Lipinski definition) is 1. The lowest BCUT2D eigenvalue weighted by Gasteiger charge is -2.18. The topological polar surface area (TPSA) is 35.2 Å². The monoisotopic (exact) mass is 305 g/mol. The maximum atomic E-state index is 12.6. The summed E-state index contributed by atoms with van der Waals surface area (Å²) < 4.78 is 88.9. The number of benzene rings is 1. The van der Waals surface area contributed by atoms with Gasteiger partial charge in [0, 0.05) is 6.04 Å². The van der Waals surface area contributed by atoms with Crippen LogP contribution in [-0.2, 0) is 0 Å². The Morgan fingerprint density at radius 3 is 1.90 bits per heavy atom. The van der Waals surface area contributed by atoms with Crippen LogP contribution in [0, 0.1) is 0 Å². The first kappa shape index (κ1) is 16.5. The van der Waals surface area contributed by atoms with E-state index in [0.717, 1.165) is 24.3 Å². The molecule has 0 saturated carbocycles. The summed E-state index contributed by atoms with van der Waals surface area (Å²) in [5.74, 6) is -0.599. The van der Waals surface area contributed by atoms with E-state index in [9.17, 15) is 30.7 Å². The van der Waals surface area contributed by atoms with Crippen LogP contribution in [0.15, 0.2) is 24.3 Å². The molecule has 0 aliphatic rings. The van der Waals surface area contributed by atoms with Gasteiger partial charge in [0.25, 0.3) is 0 Å². The number of halogens is 7. The van der Waals surface area contributed by atoms with Crippen LogP contribution >= 0.6 is 0 Å². The highest BCUT2D eigenvalue weighted by Gasteiger charge is 2.44. The Balaban J connectivity index is 2.74. The SMILES string of the molecule is N[C@@H](CC(F)(F)F)c1ccc(OC(F)(F)C(F)F)cc1. The summed E-state index contributed by atoms with van der Waals surface area (Å²) in [5.41, 5.74) is 5.30. The van der Waals surface area contributed by atoms with E-state index in [1.807, 2.05) is 0 Å². The lowest BCUT2D eigenvalue weighted by Crippen LogP contribution is -2.33. The van der Waals surface area contributed by atoms with Crippen LogP contribution in [0.5, 0.6) is 5.75 Å². The van der Waals surface area contributed by atoms with E-state index in [2.05, 4.69) is 4.74 Å². The molecule has 1 aromatic carbocycles. The second-order valence-corrected chi connectivity index (χ2v) is 3.96. The number of nitrogens with two attached hydrogens (primary N) is 1. The molecule has 9 heteroatoms. The van der Waals surface area contributed by atoms with Crippen molar-refractivity contribution < 1.29 is 35.5 Å². The van der Waals surface area contributed by atoms with Gasteiger partial charge < -0.3 is 10.5 Å². The third-order valence-corrected chi connectivity index (χ3v) is 2.27. The molecule has 2 N–H and O–H groups in total. The van der Waals surface area contributed by atoms with Gasteiger partial charge in [0.15, 0.2) is 0 Å². The van der Waals surface area contributed by atoms with Crippen LogP contribution in [0.2, 0.25) is 0 Å². The van der Waals surface area contributed by atoms with E-state index in [1.54, 1.807) is 0 Å². The minimum absolute atomic E-state index is 0.0232. The van der Waals surface area contributed by atoms with Crippen LogP contribution in [-0.4, -0.2) is 18.7 Å². The van der Waals surface area contributed by atoms with E-state index < -0.39 is 36.9 Å². The zero-order valence-electron chi connectivity index (χ0n) is 9.80. The van der Waals surface area contributed by atoms with Gasteiger partial charge >= 0.3 is 18.7 Å². The Hall–Kier alpha value is -1.51. The van der Waals surface area contributed by atoms with Crippen LogP contribution in [0.3, 0.4) is 0 Å². The van der Waals surface area contributed by atoms with Gasteiger partial charge in [-0.15, -0.1) is 0 Å². The smallest absolute Gasteiger partial charge is 0.428 e. The molecule has 1 rings (SSSR count). The first-order chi connectivity index (χ1) is 9.01. The maximum Gasteiger partial charge on any atom is 0.461 e. The molecular formula is C11H10F7NO. The van der Waals surface area contributed by atoms with Gasteiger partial charge in [-0.25, -0.2) is 0 Å². The number of ether oxygens (including phenoxy) is 1. The summed E-state index contributed by atoms with van der Waals surface area (Å²) in [4.78, 5) is 0. The van der Waals surface area contributed by atoms with Crippen molar-refractivity contribution in [3.05, 3.63) is 29.8 Å². The Morgan fingerprint density at radius 2 is 1.50 bits per heavy atom. The van der Waals surface area contributed by atoms with Crippen LogP contribution in [0.25, 0.3) is 0 Å². The molecule has 0 spiro atoms. The lowest BCUT2D eigenvalue weighted by atomic mass is 10.0. The lowest BCUT2D eigenvalue weighted by molar-refractivity contribution is -0.253. The third-order valence-electron chi connectivity index (χ3n) is 2.27. The number of alkyl halides is 7. The third kappa shape index (κ3) is 4.87. The molecule has 2 nitrogen and oxygen atoms in total. The van der Waals surface area contributed by atoms with E-state index in [4.69, 9.17) is 5.73 Å². The average Bonchev–Trinajstić information content (AvgIpc) is 2.26. The summed E-state index contributed by atoms with van der Waals surface area (Å²) in [7, 11) is 0. The number of hydrogen-bond acceptors (Lipinski definition) is 2. The molecule has 0 saturated heterocycles. The minimum Gasteiger partial charge on any atom is -0.428 e. The van der Waals surface area contributed by atoms with Gasteiger partial charge in [-0.05, 0) is 17.7 Å². The van der Waals surface area contributed by atoms with Crippen molar-refractivity contribution in [2.75, 3.05) is 0 Å². The van der Waals surface area contributed by atoms with E-state index in [-0.39, 0.29) is 5.56 Å². The molecule has 20 heavy (non-hydrogen) atoms. The minimum atomic E-state index is -4.67. The fourth-order valence-electron chi connectivity index (χ4n) is 1.35. The van der Waals surface area contributed by atoms with Gasteiger partial charge in [-0.3, -0.25) is 0 Å². The molecule has 0 aliphatic heterocycles. The Labute approximate surface area is 109 Å². The van der Waals surface area contributed by atoms with Crippen LogP contribution < -0.4 is 10.5 Å². The summed E-state index contributed by atoms with van der Waals surface area (Å²) in [6, 6.07) is 2.34. The normalized spacial score (nSPS) is 14.4. The zero-order valence-corrected chi connectivity index (χ0v) is 9.80. The molecule has 0 bridgehead atoms. The zero-order chi connectivity index (χ0) is 15.6. The first-order valence-corrected chi connectivity index (χ1v) is 5.28. The van der Waals surface area contributed by atoms with Crippen molar-refractivity contribution in [3.8, 4) is 5.75 Å². The largest absolute Gasteiger partial charge is 0.461 e. The molecule has 0 heterocycles. The van der Waals surface area contributed by atoms with Crippen LogP contribution in [0.4, 0.5) is 30.7 Å². The van der Waals surface area contributed by atoms with Crippen molar-refractivity contribution in [3.63, 3.8) is 0 Å². The Bertz CT molecular complexity index is 429. The van der Waals surface area contributed by atoms with Crippen molar-refractivity contribution in [1.29, 1.82) is 0 Å². The molecule has 1 atom stereocenters. The molecule has 0 amide bonds. The van der Waals surface area contributed by atoms with Gasteiger partial charge in [0.1, 0.15) is 5.75 Å². The van der Waals surface area contributed by atoms with E-state index in [0.29, 0.717) is 0 Å². The van der Waals surface area contributed by atoms with Crippen LogP contribution in [0.1, 0.15) is 18.0 Å². The fraction of sp³-hybridized carbons (Fsp3) is 0.455. The Kier molecular flexibility index (Phi) is 4.85. The summed E-state index contributed by atoms with van der Waals surface area (Å²) in [6.45, 7) is 0. The highest BCUT2D eigenvalue weighted by molar-refractivity contribution is 5.29. The standard InChI is InChI=1S/C11H10F7NO/c12-9(13)11(17,18)20-7-3-1-6(2-4-7)8(19)5-10(14,15)16/h1-4,8-9H,5,19H2/t8-/m0/s1. The summed E-state index contributed by atoms with van der Waals surface area (Å²) >= 11 is 0. The van der Waals surface area contributed by atoms with Gasteiger partial charge in [-0.1, -0.05) is 12.1 Å². The van der Waals surface area contributed by atoms with Crippen molar-refractivity contribution >= 4 is 0 Å². The van der Waals surface area contributed by atoms with Gasteiger partial charge in [-0.2, -0.15) is 30.7 Å². The predicted molar refractivity (Wildman–Crippen MR) is 55.6 cm³/mol. The van der Waals surface area contributed by atoms with Crippen molar-refractivity contribution in [2.24, 2.45) is 5.73 Å². The molecular weight excluding hydrogens is 295 g/mol. The predicted octanol–water partition coefficient (Wildman–Crippen LogP) is 3.88. The Morgan fingerprint density at radius 1 is 1.00 bits per heavy atom. The molecule has 0 aromatic heterocycles. The van der Waals surface area contributed by atoms with Gasteiger partial charge in [0.05, 0.1) is 6.42 Å². The highest BCUT2D eigenvalue weighted by atomic mass is 19.4. The summed E-state index contributed by atoms with van der Waals surface area (Å²) in [5, 5.41) is 0. The second kappa shape index (κ2) is 5.86. The van der Waals surface area contributed by atoms with E-state index >= 15 is 0 Å². The average molecular weight is 305 g/mol. The summed E-state index contributed by atoms with van der Waals surface area (Å²) in [6.07, 6.45) is -14.5. The molecule has 0 aliphatic carbocycles. The van der Waals surface area contributed by atoms with E-state index in [1.165, 1.54) is 0 Å². The quantitative estimate of drug-likeness (QED) is 0.838. The second-order valence-electron chi connectivity index (χ2n) is 3.96. The molecule has 0 unspecified atom stereocenters. The van der Waals surface area contributed by atoms with Gasteiger partial charge in [0.2, 0.25) is 0 Å². The maximum absolute atomic E-state index is 12.6.